The number of carbonyl (C=O) groups is 1. The van der Waals surface area contributed by atoms with E-state index >= 15 is 4.39 Å². The van der Waals surface area contributed by atoms with Crippen LogP contribution in [0.1, 0.15) is 23.2 Å². The van der Waals surface area contributed by atoms with E-state index in [1.807, 2.05) is 0 Å². The van der Waals surface area contributed by atoms with Gasteiger partial charge >= 0.3 is 6.18 Å². The molecule has 13 heteroatoms. The van der Waals surface area contributed by atoms with E-state index in [2.05, 4.69) is 10.1 Å². The third-order valence-electron chi connectivity index (χ3n) is 6.39. The number of pyridine rings is 1. The van der Waals surface area contributed by atoms with Crippen molar-refractivity contribution in [1.82, 2.24) is 9.88 Å². The Morgan fingerprint density at radius 2 is 1.91 bits per heavy atom. The van der Waals surface area contributed by atoms with E-state index in [4.69, 9.17) is 16.4 Å². The molecule has 6 nitrogen and oxygen atoms in total. The zero-order valence-corrected chi connectivity index (χ0v) is 19.4. The lowest BCUT2D eigenvalue weighted by Crippen LogP contribution is -2.62. The summed E-state index contributed by atoms with van der Waals surface area (Å²) in [5.74, 6) is -0.975. The summed E-state index contributed by atoms with van der Waals surface area (Å²) in [6.07, 6.45) is -4.52. The molecule has 0 aliphatic carbocycles. The number of aromatic nitrogens is 1. The highest BCUT2D eigenvalue weighted by Gasteiger charge is 2.62. The van der Waals surface area contributed by atoms with Crippen molar-refractivity contribution in [3.63, 3.8) is 0 Å². The van der Waals surface area contributed by atoms with Crippen LogP contribution < -0.4 is 0 Å². The Morgan fingerprint density at radius 1 is 1.20 bits per heavy atom. The topological polar surface area (TPSA) is 71.9 Å². The maximum atomic E-state index is 15.2. The van der Waals surface area contributed by atoms with Gasteiger partial charge in [-0.15, -0.1) is 0 Å². The van der Waals surface area contributed by atoms with Crippen molar-refractivity contribution in [2.75, 3.05) is 24.6 Å². The molecular formula is C22H17ClF5N3O3S. The number of halogens is 6. The van der Waals surface area contributed by atoms with E-state index in [1.165, 1.54) is 23.2 Å². The van der Waals surface area contributed by atoms with Crippen LogP contribution in [0.2, 0.25) is 5.02 Å². The summed E-state index contributed by atoms with van der Waals surface area (Å²) in [6.45, 7) is -0.411. The Kier molecular flexibility index (Phi) is 5.67. The Hall–Kier alpha value is -2.60. The van der Waals surface area contributed by atoms with Crippen LogP contribution in [0.15, 0.2) is 41.7 Å². The molecule has 1 aromatic carbocycles. The molecule has 1 atom stereocenters. The van der Waals surface area contributed by atoms with Crippen molar-refractivity contribution >= 4 is 34.0 Å². The molecule has 186 valence electrons. The van der Waals surface area contributed by atoms with Crippen LogP contribution in [0.5, 0.6) is 0 Å². The molecule has 0 spiro atoms. The minimum Gasteiger partial charge on any atom is -0.374 e. The third-order valence-corrected chi connectivity index (χ3v) is 8.16. The predicted molar refractivity (Wildman–Crippen MR) is 116 cm³/mol. The number of hydrogen-bond donors (Lipinski definition) is 0. The molecule has 1 aromatic heterocycles. The molecule has 0 saturated carbocycles. The van der Waals surface area contributed by atoms with E-state index in [9.17, 15) is 26.6 Å². The standard InChI is InChI=1S/C22H17ClF5N3O3S/c23-15-3-14(4-16(24)5-15)21(22(26,27)28)6-17(30-34-21)12-1-2-18(29-7-12)20(25)10-31(11-20)19(32)13-8-35(33)9-13/h1-5,7,13H,6,8-11H2. The van der Waals surface area contributed by atoms with E-state index in [-0.39, 0.29) is 58.4 Å². The highest BCUT2D eigenvalue weighted by Crippen LogP contribution is 2.49. The summed E-state index contributed by atoms with van der Waals surface area (Å²) in [5.41, 5.74) is -5.25. The average molecular weight is 534 g/mol. The van der Waals surface area contributed by atoms with Crippen LogP contribution in [0.3, 0.4) is 0 Å². The molecule has 2 fully saturated rings. The van der Waals surface area contributed by atoms with Crippen molar-refractivity contribution in [3.05, 3.63) is 64.2 Å². The van der Waals surface area contributed by atoms with E-state index < -0.39 is 46.0 Å². The van der Waals surface area contributed by atoms with E-state index in [0.717, 1.165) is 12.1 Å². The number of hydrogen-bond acceptors (Lipinski definition) is 5. The first-order valence-electron chi connectivity index (χ1n) is 10.5. The van der Waals surface area contributed by atoms with Gasteiger partial charge in [0, 0.05) is 44.7 Å². The number of carbonyl (C=O) groups excluding carboxylic acids is 1. The van der Waals surface area contributed by atoms with Crippen molar-refractivity contribution in [2.45, 2.75) is 23.9 Å². The summed E-state index contributed by atoms with van der Waals surface area (Å²) >= 11 is 5.75. The Bertz CT molecular complexity index is 1220. The Balaban J connectivity index is 1.31. The van der Waals surface area contributed by atoms with Gasteiger partial charge in [-0.2, -0.15) is 13.2 Å². The molecule has 0 N–H and O–H groups in total. The highest BCUT2D eigenvalue weighted by atomic mass is 35.5. The summed E-state index contributed by atoms with van der Waals surface area (Å²) < 4.78 is 82.4. The molecule has 2 aromatic rings. The summed E-state index contributed by atoms with van der Waals surface area (Å²) in [4.78, 5) is 22.5. The van der Waals surface area contributed by atoms with Gasteiger partial charge in [-0.25, -0.2) is 8.78 Å². The number of benzene rings is 1. The van der Waals surface area contributed by atoms with Crippen molar-refractivity contribution in [3.8, 4) is 0 Å². The molecule has 3 aliphatic rings. The lowest BCUT2D eigenvalue weighted by atomic mass is 9.86. The predicted octanol–water partition coefficient (Wildman–Crippen LogP) is 3.84. The molecule has 3 aliphatic heterocycles. The average Bonchev–Trinajstić information content (AvgIpc) is 3.21. The van der Waals surface area contributed by atoms with Gasteiger partial charge in [0.15, 0.2) is 5.67 Å². The maximum Gasteiger partial charge on any atom is 0.435 e. The summed E-state index contributed by atoms with van der Waals surface area (Å²) in [5, 5.41) is 3.36. The minimum atomic E-state index is -4.94. The number of alkyl halides is 4. The zero-order chi connectivity index (χ0) is 25.2. The second-order valence-corrected chi connectivity index (χ2v) is 10.8. The summed E-state index contributed by atoms with van der Waals surface area (Å²) in [7, 11) is -0.993. The van der Waals surface area contributed by atoms with Crippen LogP contribution in [0.25, 0.3) is 0 Å². The molecule has 35 heavy (non-hydrogen) atoms. The molecule has 2 saturated heterocycles. The molecule has 5 rings (SSSR count). The van der Waals surface area contributed by atoms with Crippen molar-refractivity contribution < 1.29 is 35.8 Å². The van der Waals surface area contributed by atoms with Gasteiger partial charge in [0.2, 0.25) is 5.91 Å². The fourth-order valence-corrected chi connectivity index (χ4v) is 5.66. The highest BCUT2D eigenvalue weighted by molar-refractivity contribution is 7.86. The smallest absolute Gasteiger partial charge is 0.374 e. The first kappa shape index (κ1) is 24.1. The summed E-state index contributed by atoms with van der Waals surface area (Å²) in [6, 6.07) is 5.23. The number of amides is 1. The number of oxime groups is 1. The largest absolute Gasteiger partial charge is 0.435 e. The fourth-order valence-electron chi connectivity index (χ4n) is 4.35. The third kappa shape index (κ3) is 4.10. The quantitative estimate of drug-likeness (QED) is 0.560. The van der Waals surface area contributed by atoms with E-state index in [0.29, 0.717) is 6.07 Å². The van der Waals surface area contributed by atoms with Crippen molar-refractivity contribution in [1.29, 1.82) is 0 Å². The minimum absolute atomic E-state index is 0.0287. The normalized spacial score (nSPS) is 27.5. The second-order valence-electron chi connectivity index (χ2n) is 8.85. The fraction of sp³-hybridized carbons (Fsp3) is 0.409. The van der Waals surface area contributed by atoms with Crippen LogP contribution in [-0.4, -0.2) is 56.5 Å². The van der Waals surface area contributed by atoms with Gasteiger partial charge in [0.05, 0.1) is 36.8 Å². The van der Waals surface area contributed by atoms with Gasteiger partial charge in [-0.3, -0.25) is 14.0 Å². The van der Waals surface area contributed by atoms with Crippen LogP contribution in [0, 0.1) is 11.7 Å². The maximum absolute atomic E-state index is 15.2. The second kappa shape index (κ2) is 8.22. The first-order chi connectivity index (χ1) is 16.4. The van der Waals surface area contributed by atoms with Gasteiger partial charge < -0.3 is 9.74 Å². The van der Waals surface area contributed by atoms with Gasteiger partial charge in [-0.1, -0.05) is 16.8 Å². The lowest BCUT2D eigenvalue weighted by Gasteiger charge is -2.46. The molecule has 1 amide bonds. The van der Waals surface area contributed by atoms with Crippen LogP contribution in [0.4, 0.5) is 22.0 Å². The monoisotopic (exact) mass is 533 g/mol. The molecule has 0 radical (unpaired) electrons. The number of nitrogens with zero attached hydrogens (tertiary/aromatic N) is 3. The molecular weight excluding hydrogens is 517 g/mol. The van der Waals surface area contributed by atoms with Gasteiger partial charge in [0.25, 0.3) is 5.60 Å². The van der Waals surface area contributed by atoms with Crippen molar-refractivity contribution in [2.24, 2.45) is 11.1 Å². The zero-order valence-electron chi connectivity index (χ0n) is 17.8. The molecule has 4 heterocycles. The molecule has 0 bridgehead atoms. The molecule has 1 unspecified atom stereocenters. The van der Waals surface area contributed by atoms with Crippen LogP contribution in [-0.2, 0) is 31.7 Å². The van der Waals surface area contributed by atoms with Gasteiger partial charge in [0.1, 0.15) is 5.82 Å². The van der Waals surface area contributed by atoms with E-state index in [1.54, 1.807) is 0 Å². The van der Waals surface area contributed by atoms with Crippen LogP contribution >= 0.6 is 11.6 Å². The first-order valence-corrected chi connectivity index (χ1v) is 12.3. The number of rotatable bonds is 4. The SMILES string of the molecule is O=C(C1CS(=O)C1)N1CC(F)(c2ccc(C3=NOC(c4cc(F)cc(Cl)c4)(C(F)(F)F)C3)cn2)C1. The number of likely N-dealkylation sites (tertiary alicyclic amines) is 1. The Labute approximate surface area is 203 Å². The van der Waals surface area contributed by atoms with Gasteiger partial charge in [-0.05, 0) is 30.3 Å². The lowest BCUT2D eigenvalue weighted by molar-refractivity contribution is -0.275. The Morgan fingerprint density at radius 3 is 2.49 bits per heavy atom.